The molecule has 0 aliphatic carbocycles. The maximum absolute atomic E-state index is 11.3. The van der Waals surface area contributed by atoms with Crippen LogP contribution < -0.4 is 5.73 Å². The van der Waals surface area contributed by atoms with Crippen LogP contribution in [0.2, 0.25) is 0 Å². The zero-order chi connectivity index (χ0) is 10.6. The van der Waals surface area contributed by atoms with Crippen LogP contribution in [0.3, 0.4) is 0 Å². The molecule has 4 nitrogen and oxygen atoms in total. The number of nitrogens with two attached hydrogens (primary N) is 1. The Morgan fingerprint density at radius 3 is 2.57 bits per heavy atom. The van der Waals surface area contributed by atoms with Gasteiger partial charge in [-0.05, 0) is 12.8 Å². The van der Waals surface area contributed by atoms with Gasteiger partial charge in [0.2, 0.25) is 5.91 Å². The van der Waals surface area contributed by atoms with Crippen molar-refractivity contribution in [1.29, 1.82) is 0 Å². The number of primary amides is 1. The van der Waals surface area contributed by atoms with Gasteiger partial charge in [0.25, 0.3) is 0 Å². The summed E-state index contributed by atoms with van der Waals surface area (Å²) in [5.74, 6) is -0.581. The Balaban J connectivity index is 2.18. The third kappa shape index (κ3) is 2.96. The third-order valence-corrected chi connectivity index (χ3v) is 2.05. The lowest BCUT2D eigenvalue weighted by atomic mass is 10.1. The fourth-order valence-electron chi connectivity index (χ4n) is 1.23. The second-order valence-electron chi connectivity index (χ2n) is 3.26. The minimum atomic E-state index is -0.669. The lowest BCUT2D eigenvalue weighted by Crippen LogP contribution is -2.22. The Hall–Kier alpha value is -1.16. The van der Waals surface area contributed by atoms with Crippen LogP contribution in [0.25, 0.3) is 0 Å². The number of rotatable bonds is 6. The molecule has 1 rings (SSSR count). The van der Waals surface area contributed by atoms with Crippen molar-refractivity contribution in [3.63, 3.8) is 0 Å². The topological polar surface area (TPSA) is 72.7 Å². The summed E-state index contributed by atoms with van der Waals surface area (Å²) in [6, 6.07) is 0. The number of carbonyl (C=O) groups is 2. The molecule has 0 saturated carbocycles. The zero-order valence-electron chi connectivity index (χ0n) is 8.23. The Morgan fingerprint density at radius 2 is 2.07 bits per heavy atom. The highest BCUT2D eigenvalue weighted by Gasteiger charge is 2.48. The van der Waals surface area contributed by atoms with Crippen LogP contribution in [0, 0.1) is 0 Å². The number of ether oxygens (including phenoxy) is 1. The minimum Gasteiger partial charge on any atom is -0.367 e. The van der Waals surface area contributed by atoms with Gasteiger partial charge in [-0.1, -0.05) is 19.1 Å². The summed E-state index contributed by atoms with van der Waals surface area (Å²) in [6.07, 6.45) is 4.83. The van der Waals surface area contributed by atoms with E-state index in [4.69, 9.17) is 10.5 Å². The van der Waals surface area contributed by atoms with Crippen molar-refractivity contribution < 1.29 is 14.3 Å². The first kappa shape index (κ1) is 10.9. The van der Waals surface area contributed by atoms with E-state index in [0.717, 1.165) is 6.42 Å². The summed E-state index contributed by atoms with van der Waals surface area (Å²) in [5, 5.41) is 0. The van der Waals surface area contributed by atoms with E-state index in [9.17, 15) is 9.59 Å². The molecule has 2 N–H and O–H groups in total. The Kier molecular flexibility index (Phi) is 3.83. The predicted molar refractivity (Wildman–Crippen MR) is 51.5 cm³/mol. The Labute approximate surface area is 83.1 Å². The number of hydrogen-bond acceptors (Lipinski definition) is 3. The van der Waals surface area contributed by atoms with Crippen LogP contribution in [0.4, 0.5) is 0 Å². The molecule has 1 heterocycles. The van der Waals surface area contributed by atoms with Gasteiger partial charge in [0.05, 0.1) is 0 Å². The normalized spacial score (nSPS) is 25.2. The lowest BCUT2D eigenvalue weighted by Gasteiger charge is -1.91. The van der Waals surface area contributed by atoms with E-state index in [1.54, 1.807) is 0 Å². The molecule has 4 heteroatoms. The van der Waals surface area contributed by atoms with Gasteiger partial charge < -0.3 is 10.5 Å². The van der Waals surface area contributed by atoms with Crippen LogP contribution in [0.1, 0.15) is 26.2 Å². The fourth-order valence-corrected chi connectivity index (χ4v) is 1.23. The van der Waals surface area contributed by atoms with Crippen molar-refractivity contribution in [3.8, 4) is 0 Å². The summed E-state index contributed by atoms with van der Waals surface area (Å²) in [6.45, 7) is 2.03. The fraction of sp³-hybridized carbons (Fsp3) is 0.600. The van der Waals surface area contributed by atoms with Crippen molar-refractivity contribution in [3.05, 3.63) is 12.2 Å². The van der Waals surface area contributed by atoms with Crippen molar-refractivity contribution in [1.82, 2.24) is 0 Å². The SMILES string of the molecule is CC/C=C/CCC(=O)[C@H]1O[C@H]1C(N)=O. The van der Waals surface area contributed by atoms with Crippen LogP contribution in [-0.2, 0) is 14.3 Å². The van der Waals surface area contributed by atoms with Gasteiger partial charge in [0.1, 0.15) is 0 Å². The van der Waals surface area contributed by atoms with E-state index in [1.807, 2.05) is 19.1 Å². The smallest absolute Gasteiger partial charge is 0.249 e. The van der Waals surface area contributed by atoms with E-state index < -0.39 is 18.1 Å². The second-order valence-corrected chi connectivity index (χ2v) is 3.26. The zero-order valence-corrected chi connectivity index (χ0v) is 8.23. The number of Topliss-reactive ketones (excluding diaryl/α,β-unsaturated/α-hetero) is 1. The molecule has 78 valence electrons. The molecule has 2 atom stereocenters. The molecule has 14 heavy (non-hydrogen) atoms. The Bertz CT molecular complexity index is 260. The van der Waals surface area contributed by atoms with Crippen LogP contribution in [-0.4, -0.2) is 23.9 Å². The summed E-state index contributed by atoms with van der Waals surface area (Å²) in [5.41, 5.74) is 4.97. The predicted octanol–water partition coefficient (Wildman–Crippen LogP) is 0.555. The highest BCUT2D eigenvalue weighted by Crippen LogP contribution is 2.24. The monoisotopic (exact) mass is 197 g/mol. The highest BCUT2D eigenvalue weighted by atomic mass is 16.6. The molecule has 0 aromatic carbocycles. The van der Waals surface area contributed by atoms with Crippen LogP contribution >= 0.6 is 0 Å². The molecular formula is C10H15NO3. The van der Waals surface area contributed by atoms with Gasteiger partial charge >= 0.3 is 0 Å². The standard InChI is InChI=1S/C10H15NO3/c1-2-3-4-5-6-7(12)8-9(14-8)10(11)13/h3-4,8-9H,2,5-6H2,1H3,(H2,11,13)/b4-3+/t8-,9-/m1/s1. The molecule has 0 radical (unpaired) electrons. The molecule has 0 aromatic rings. The van der Waals surface area contributed by atoms with E-state index >= 15 is 0 Å². The first-order valence-electron chi connectivity index (χ1n) is 4.79. The van der Waals surface area contributed by atoms with Crippen LogP contribution in [0.5, 0.6) is 0 Å². The average Bonchev–Trinajstić information content (AvgIpc) is 2.91. The Morgan fingerprint density at radius 1 is 1.36 bits per heavy atom. The van der Waals surface area contributed by atoms with E-state index in [0.29, 0.717) is 12.8 Å². The van der Waals surface area contributed by atoms with E-state index in [1.165, 1.54) is 0 Å². The van der Waals surface area contributed by atoms with Crippen LogP contribution in [0.15, 0.2) is 12.2 Å². The van der Waals surface area contributed by atoms with Crippen molar-refractivity contribution in [2.45, 2.75) is 38.4 Å². The molecule has 1 fully saturated rings. The molecule has 1 amide bonds. The molecule has 1 saturated heterocycles. The summed E-state index contributed by atoms with van der Waals surface area (Å²) >= 11 is 0. The first-order valence-corrected chi connectivity index (χ1v) is 4.79. The van der Waals surface area contributed by atoms with Gasteiger partial charge in [-0.25, -0.2) is 0 Å². The lowest BCUT2D eigenvalue weighted by molar-refractivity contribution is -0.121. The number of hydrogen-bond donors (Lipinski definition) is 1. The molecule has 0 unspecified atom stereocenters. The first-order chi connectivity index (χ1) is 6.66. The minimum absolute atomic E-state index is 0.0328. The van der Waals surface area contributed by atoms with Crippen molar-refractivity contribution >= 4 is 11.7 Å². The molecular weight excluding hydrogens is 182 g/mol. The third-order valence-electron chi connectivity index (χ3n) is 2.05. The van der Waals surface area contributed by atoms with Gasteiger partial charge in [-0.3, -0.25) is 9.59 Å². The number of carbonyl (C=O) groups excluding carboxylic acids is 2. The molecule has 1 aliphatic heterocycles. The second kappa shape index (κ2) is 4.91. The van der Waals surface area contributed by atoms with Crippen molar-refractivity contribution in [2.75, 3.05) is 0 Å². The summed E-state index contributed by atoms with van der Waals surface area (Å²) in [4.78, 5) is 21.9. The van der Waals surface area contributed by atoms with E-state index in [2.05, 4.69) is 0 Å². The average molecular weight is 197 g/mol. The number of epoxide rings is 1. The number of amides is 1. The largest absolute Gasteiger partial charge is 0.367 e. The molecule has 1 aliphatic rings. The summed E-state index contributed by atoms with van der Waals surface area (Å²) in [7, 11) is 0. The maximum atomic E-state index is 11.3. The molecule has 0 bridgehead atoms. The quantitative estimate of drug-likeness (QED) is 0.499. The molecule has 0 aromatic heterocycles. The van der Waals surface area contributed by atoms with Gasteiger partial charge in [0.15, 0.2) is 18.0 Å². The van der Waals surface area contributed by atoms with Gasteiger partial charge in [-0.2, -0.15) is 0 Å². The molecule has 0 spiro atoms. The number of allylic oxidation sites excluding steroid dienone is 2. The van der Waals surface area contributed by atoms with Gasteiger partial charge in [0, 0.05) is 6.42 Å². The van der Waals surface area contributed by atoms with Gasteiger partial charge in [-0.15, -0.1) is 0 Å². The van der Waals surface area contributed by atoms with E-state index in [-0.39, 0.29) is 5.78 Å². The number of ketones is 1. The highest BCUT2D eigenvalue weighted by molar-refractivity contribution is 5.95. The van der Waals surface area contributed by atoms with Crippen molar-refractivity contribution in [2.24, 2.45) is 5.73 Å². The maximum Gasteiger partial charge on any atom is 0.249 e. The summed E-state index contributed by atoms with van der Waals surface area (Å²) < 4.78 is 4.85.